The van der Waals surface area contributed by atoms with Gasteiger partial charge in [0, 0.05) is 18.6 Å². The van der Waals surface area contributed by atoms with Gasteiger partial charge >= 0.3 is 0 Å². The van der Waals surface area contributed by atoms with Crippen LogP contribution in [0.25, 0.3) is 0 Å². The van der Waals surface area contributed by atoms with Gasteiger partial charge in [0.2, 0.25) is 0 Å². The van der Waals surface area contributed by atoms with E-state index in [0.717, 1.165) is 31.8 Å². The molecular weight excluding hydrogens is 256 g/mol. The van der Waals surface area contributed by atoms with Crippen LogP contribution in [0.3, 0.4) is 0 Å². The fourth-order valence-corrected chi connectivity index (χ4v) is 3.04. The van der Waals surface area contributed by atoms with Crippen molar-refractivity contribution in [2.24, 2.45) is 11.7 Å². The van der Waals surface area contributed by atoms with Crippen LogP contribution in [-0.2, 0) is 6.42 Å². The summed E-state index contributed by atoms with van der Waals surface area (Å²) in [6.45, 7) is 12.2. The zero-order chi connectivity index (χ0) is 15.7. The molecular formula is C19H34N2. The zero-order valence-corrected chi connectivity index (χ0v) is 14.4. The molecule has 0 saturated heterocycles. The van der Waals surface area contributed by atoms with Gasteiger partial charge in [-0.25, -0.2) is 0 Å². The van der Waals surface area contributed by atoms with Crippen molar-refractivity contribution in [3.8, 4) is 0 Å². The Morgan fingerprint density at radius 2 is 1.71 bits per heavy atom. The van der Waals surface area contributed by atoms with Crippen molar-refractivity contribution in [2.45, 2.75) is 58.9 Å². The highest BCUT2D eigenvalue weighted by atomic mass is 15.2. The lowest BCUT2D eigenvalue weighted by Gasteiger charge is -2.42. The first kappa shape index (κ1) is 18.2. The molecule has 0 heterocycles. The molecule has 2 N–H and O–H groups in total. The summed E-state index contributed by atoms with van der Waals surface area (Å²) in [6, 6.07) is 10.8. The Bertz CT molecular complexity index is 372. The number of likely N-dealkylation sites (N-methyl/N-ethyl adjacent to an activating group) is 1. The summed E-state index contributed by atoms with van der Waals surface area (Å²) in [5.41, 5.74) is 7.68. The fourth-order valence-electron chi connectivity index (χ4n) is 3.04. The largest absolute Gasteiger partial charge is 0.329 e. The summed E-state index contributed by atoms with van der Waals surface area (Å²) >= 11 is 0. The van der Waals surface area contributed by atoms with Gasteiger partial charge in [-0.05, 0) is 37.8 Å². The second-order valence-corrected chi connectivity index (χ2v) is 6.41. The van der Waals surface area contributed by atoms with E-state index in [9.17, 15) is 0 Å². The Morgan fingerprint density at radius 3 is 2.19 bits per heavy atom. The third-order valence-electron chi connectivity index (χ3n) is 5.01. The molecule has 0 amide bonds. The highest BCUT2D eigenvalue weighted by Crippen LogP contribution is 2.23. The minimum atomic E-state index is 0.104. The lowest BCUT2D eigenvalue weighted by Crippen LogP contribution is -2.53. The van der Waals surface area contributed by atoms with Gasteiger partial charge in [-0.3, -0.25) is 4.90 Å². The van der Waals surface area contributed by atoms with Crippen LogP contribution in [-0.4, -0.2) is 30.1 Å². The molecule has 0 spiro atoms. The van der Waals surface area contributed by atoms with E-state index in [0.29, 0.717) is 0 Å². The molecule has 1 aromatic rings. The van der Waals surface area contributed by atoms with Gasteiger partial charge in [0.25, 0.3) is 0 Å². The molecule has 0 fully saturated rings. The van der Waals surface area contributed by atoms with Crippen molar-refractivity contribution < 1.29 is 0 Å². The summed E-state index contributed by atoms with van der Waals surface area (Å²) in [4.78, 5) is 2.60. The minimum Gasteiger partial charge on any atom is -0.329 e. The van der Waals surface area contributed by atoms with Crippen molar-refractivity contribution in [1.82, 2.24) is 4.90 Å². The Kier molecular flexibility index (Phi) is 7.98. The molecule has 0 saturated carbocycles. The van der Waals surface area contributed by atoms with Crippen LogP contribution in [0.2, 0.25) is 0 Å². The molecule has 0 aliphatic rings. The Hall–Kier alpha value is -0.860. The highest BCUT2D eigenvalue weighted by Gasteiger charge is 2.30. The standard InChI is InChI=1S/C19H34N2/c1-5-17(6-2)15-21(7-3)19(4,16-20)14-13-18-11-9-8-10-12-18/h8-12,17H,5-7,13-16,20H2,1-4H3. The van der Waals surface area contributed by atoms with Gasteiger partial charge in [-0.1, -0.05) is 63.9 Å². The van der Waals surface area contributed by atoms with E-state index in [1.807, 2.05) is 0 Å². The normalized spacial score (nSPS) is 14.6. The SMILES string of the molecule is CCC(CC)CN(CC)C(C)(CN)CCc1ccccc1. The van der Waals surface area contributed by atoms with Crippen molar-refractivity contribution >= 4 is 0 Å². The van der Waals surface area contributed by atoms with Crippen molar-refractivity contribution in [3.63, 3.8) is 0 Å². The van der Waals surface area contributed by atoms with Gasteiger partial charge in [0.05, 0.1) is 0 Å². The average Bonchev–Trinajstić information content (AvgIpc) is 2.55. The number of hydrogen-bond donors (Lipinski definition) is 1. The van der Waals surface area contributed by atoms with Crippen LogP contribution in [0.5, 0.6) is 0 Å². The van der Waals surface area contributed by atoms with Crippen molar-refractivity contribution in [3.05, 3.63) is 35.9 Å². The maximum absolute atomic E-state index is 6.16. The van der Waals surface area contributed by atoms with Crippen molar-refractivity contribution in [1.29, 1.82) is 0 Å². The molecule has 0 aliphatic heterocycles. The predicted molar refractivity (Wildman–Crippen MR) is 93.5 cm³/mol. The first-order valence-corrected chi connectivity index (χ1v) is 8.58. The van der Waals surface area contributed by atoms with E-state index in [2.05, 4.69) is 62.9 Å². The van der Waals surface area contributed by atoms with Crippen LogP contribution in [0, 0.1) is 5.92 Å². The van der Waals surface area contributed by atoms with Crippen LogP contribution >= 0.6 is 0 Å². The molecule has 2 heteroatoms. The van der Waals surface area contributed by atoms with Gasteiger partial charge in [0.1, 0.15) is 0 Å². The molecule has 0 radical (unpaired) electrons. The Morgan fingerprint density at radius 1 is 1.10 bits per heavy atom. The molecule has 0 bridgehead atoms. The van der Waals surface area contributed by atoms with Crippen LogP contribution in [0.15, 0.2) is 30.3 Å². The maximum Gasteiger partial charge on any atom is 0.0306 e. The smallest absolute Gasteiger partial charge is 0.0306 e. The van der Waals surface area contributed by atoms with E-state index in [1.165, 1.54) is 24.9 Å². The van der Waals surface area contributed by atoms with Gasteiger partial charge in [0.15, 0.2) is 0 Å². The summed E-state index contributed by atoms with van der Waals surface area (Å²) < 4.78 is 0. The first-order chi connectivity index (χ1) is 10.1. The van der Waals surface area contributed by atoms with Gasteiger partial charge in [-0.15, -0.1) is 0 Å². The van der Waals surface area contributed by atoms with E-state index in [1.54, 1.807) is 0 Å². The Labute approximate surface area is 131 Å². The van der Waals surface area contributed by atoms with E-state index >= 15 is 0 Å². The van der Waals surface area contributed by atoms with Gasteiger partial charge in [-0.2, -0.15) is 0 Å². The lowest BCUT2D eigenvalue weighted by molar-refractivity contribution is 0.0862. The molecule has 1 aromatic carbocycles. The molecule has 120 valence electrons. The number of aryl methyl sites for hydroxylation is 1. The molecule has 1 rings (SSSR count). The van der Waals surface area contributed by atoms with E-state index in [-0.39, 0.29) is 5.54 Å². The summed E-state index contributed by atoms with van der Waals surface area (Å²) in [6.07, 6.45) is 4.74. The van der Waals surface area contributed by atoms with Crippen molar-refractivity contribution in [2.75, 3.05) is 19.6 Å². The Balaban J connectivity index is 2.70. The number of rotatable bonds is 10. The second-order valence-electron chi connectivity index (χ2n) is 6.41. The topological polar surface area (TPSA) is 29.3 Å². The monoisotopic (exact) mass is 290 g/mol. The lowest BCUT2D eigenvalue weighted by atomic mass is 9.89. The molecule has 21 heavy (non-hydrogen) atoms. The van der Waals surface area contributed by atoms with E-state index in [4.69, 9.17) is 5.73 Å². The highest BCUT2D eigenvalue weighted by molar-refractivity contribution is 5.15. The second kappa shape index (κ2) is 9.22. The molecule has 1 unspecified atom stereocenters. The molecule has 2 nitrogen and oxygen atoms in total. The number of nitrogens with zero attached hydrogens (tertiary/aromatic N) is 1. The van der Waals surface area contributed by atoms with E-state index < -0.39 is 0 Å². The number of hydrogen-bond acceptors (Lipinski definition) is 2. The first-order valence-electron chi connectivity index (χ1n) is 8.58. The summed E-state index contributed by atoms with van der Waals surface area (Å²) in [5, 5.41) is 0. The van der Waals surface area contributed by atoms with Crippen LogP contribution in [0.4, 0.5) is 0 Å². The van der Waals surface area contributed by atoms with Crippen LogP contribution in [0.1, 0.15) is 52.5 Å². The molecule has 1 atom stereocenters. The average molecular weight is 290 g/mol. The maximum atomic E-state index is 6.16. The predicted octanol–water partition coefficient (Wildman–Crippen LogP) is 4.09. The fraction of sp³-hybridized carbons (Fsp3) is 0.684. The summed E-state index contributed by atoms with van der Waals surface area (Å²) in [5.74, 6) is 0.785. The third-order valence-corrected chi connectivity index (χ3v) is 5.01. The minimum absolute atomic E-state index is 0.104. The zero-order valence-electron chi connectivity index (χ0n) is 14.4. The molecule has 0 aromatic heterocycles. The third kappa shape index (κ3) is 5.44. The number of benzene rings is 1. The quantitative estimate of drug-likeness (QED) is 0.703. The van der Waals surface area contributed by atoms with Gasteiger partial charge < -0.3 is 5.73 Å². The summed E-state index contributed by atoms with van der Waals surface area (Å²) in [7, 11) is 0. The number of nitrogens with two attached hydrogens (primary N) is 1. The van der Waals surface area contributed by atoms with Crippen LogP contribution < -0.4 is 5.73 Å². The molecule has 0 aliphatic carbocycles.